The van der Waals surface area contributed by atoms with Gasteiger partial charge in [0.15, 0.2) is 0 Å². The van der Waals surface area contributed by atoms with Crippen LogP contribution in [-0.2, 0) is 4.79 Å². The summed E-state index contributed by atoms with van der Waals surface area (Å²) in [4.78, 5) is 34.3. The van der Waals surface area contributed by atoms with Gasteiger partial charge in [-0.1, -0.05) is 24.3 Å². The number of urea groups is 1. The van der Waals surface area contributed by atoms with Crippen LogP contribution in [0.5, 0.6) is 0 Å². The van der Waals surface area contributed by atoms with Crippen molar-refractivity contribution >= 4 is 40.9 Å². The van der Waals surface area contributed by atoms with Crippen LogP contribution in [0.25, 0.3) is 0 Å². The minimum absolute atomic E-state index is 0.275. The number of aliphatic imine (C=N–C) groups is 1. The second kappa shape index (κ2) is 8.79. The molecule has 0 saturated carbocycles. The molecular weight excluding hydrogens is 398 g/mol. The van der Waals surface area contributed by atoms with Crippen LogP contribution in [0.2, 0.25) is 0 Å². The second-order valence-electron chi connectivity index (χ2n) is 7.34. The van der Waals surface area contributed by atoms with Gasteiger partial charge in [-0.05, 0) is 36.8 Å². The van der Waals surface area contributed by atoms with E-state index in [1.807, 2.05) is 67.2 Å². The van der Waals surface area contributed by atoms with Crippen molar-refractivity contribution in [2.45, 2.75) is 13.1 Å². The van der Waals surface area contributed by atoms with Gasteiger partial charge in [0, 0.05) is 42.9 Å². The maximum atomic E-state index is 13.1. The van der Waals surface area contributed by atoms with Crippen LogP contribution < -0.4 is 15.5 Å². The van der Waals surface area contributed by atoms with Gasteiger partial charge in [0.2, 0.25) is 6.17 Å². The van der Waals surface area contributed by atoms with Crippen molar-refractivity contribution < 1.29 is 9.59 Å². The van der Waals surface area contributed by atoms with Crippen molar-refractivity contribution in [3.05, 3.63) is 59.7 Å². The topological polar surface area (TPSA) is 77.0 Å². The number of carbonyl (C=O) groups is 2. The smallest absolute Gasteiger partial charge is 0.321 e. The number of amidine groups is 1. The van der Waals surface area contributed by atoms with E-state index in [2.05, 4.69) is 15.5 Å². The molecule has 0 aromatic heterocycles. The van der Waals surface area contributed by atoms with Crippen LogP contribution in [-0.4, -0.2) is 60.5 Å². The fourth-order valence-electron chi connectivity index (χ4n) is 3.64. The Bertz CT molecular complexity index is 987. The third-order valence-electron chi connectivity index (χ3n) is 5.18. The molecule has 0 spiro atoms. The minimum Gasteiger partial charge on any atom is -0.355 e. The summed E-state index contributed by atoms with van der Waals surface area (Å²) in [6.45, 7) is 3.67. The summed E-state index contributed by atoms with van der Waals surface area (Å²) in [5.41, 5.74) is 3.41. The zero-order valence-corrected chi connectivity index (χ0v) is 17.9. The molecule has 2 N–H and O–H groups in total. The lowest BCUT2D eigenvalue weighted by Gasteiger charge is -2.30. The third kappa shape index (κ3) is 4.28. The highest BCUT2D eigenvalue weighted by molar-refractivity contribution is 7.99. The Balaban J connectivity index is 1.63. The molecule has 1 fully saturated rings. The van der Waals surface area contributed by atoms with Crippen molar-refractivity contribution in [1.29, 1.82) is 0 Å². The summed E-state index contributed by atoms with van der Waals surface area (Å²) in [5, 5.41) is 5.54. The minimum atomic E-state index is -1.00. The SMILES string of the molecule is Cc1cccc(NC(=O)NC2N=C(N3CCSCC3)c3ccccc3N(C)C2=O)c1. The Kier molecular flexibility index (Phi) is 5.94. The van der Waals surface area contributed by atoms with E-state index in [1.54, 1.807) is 11.9 Å². The van der Waals surface area contributed by atoms with Gasteiger partial charge in [0.05, 0.1) is 5.69 Å². The van der Waals surface area contributed by atoms with E-state index in [1.165, 1.54) is 0 Å². The third-order valence-corrected chi connectivity index (χ3v) is 6.12. The fourth-order valence-corrected chi connectivity index (χ4v) is 4.54. The van der Waals surface area contributed by atoms with E-state index in [0.717, 1.165) is 47.2 Å². The number of carbonyl (C=O) groups excluding carboxylic acids is 2. The monoisotopic (exact) mass is 423 g/mol. The van der Waals surface area contributed by atoms with Crippen LogP contribution in [0, 0.1) is 6.92 Å². The Labute approximate surface area is 180 Å². The number of nitrogens with zero attached hydrogens (tertiary/aromatic N) is 3. The second-order valence-corrected chi connectivity index (χ2v) is 8.56. The summed E-state index contributed by atoms with van der Waals surface area (Å²) >= 11 is 1.91. The summed E-state index contributed by atoms with van der Waals surface area (Å²) in [6, 6.07) is 14.8. The fraction of sp³-hybridized carbons (Fsp3) is 0.318. The maximum Gasteiger partial charge on any atom is 0.321 e. The van der Waals surface area contributed by atoms with Gasteiger partial charge in [-0.15, -0.1) is 0 Å². The molecule has 8 heteroatoms. The number of thioether (sulfide) groups is 1. The quantitative estimate of drug-likeness (QED) is 0.779. The van der Waals surface area contributed by atoms with Crippen LogP contribution in [0.15, 0.2) is 53.5 Å². The number of para-hydroxylation sites is 1. The number of fused-ring (bicyclic) bond motifs is 1. The Hall–Kier alpha value is -3.00. The molecular formula is C22H25N5O2S. The zero-order valence-electron chi connectivity index (χ0n) is 17.1. The molecule has 1 saturated heterocycles. The Morgan fingerprint density at radius 2 is 1.90 bits per heavy atom. The van der Waals surface area contributed by atoms with Gasteiger partial charge in [-0.25, -0.2) is 9.79 Å². The van der Waals surface area contributed by atoms with Crippen molar-refractivity contribution in [1.82, 2.24) is 10.2 Å². The highest BCUT2D eigenvalue weighted by Gasteiger charge is 2.32. The molecule has 2 aromatic rings. The molecule has 7 nitrogen and oxygen atoms in total. The van der Waals surface area contributed by atoms with E-state index >= 15 is 0 Å². The number of rotatable bonds is 2. The first-order valence-electron chi connectivity index (χ1n) is 9.94. The van der Waals surface area contributed by atoms with E-state index in [-0.39, 0.29) is 5.91 Å². The molecule has 4 rings (SSSR count). The summed E-state index contributed by atoms with van der Waals surface area (Å²) in [6.07, 6.45) is -1.00. The molecule has 1 atom stereocenters. The molecule has 0 aliphatic carbocycles. The normalized spacial score (nSPS) is 18.9. The average molecular weight is 424 g/mol. The van der Waals surface area contributed by atoms with E-state index in [0.29, 0.717) is 5.69 Å². The van der Waals surface area contributed by atoms with Gasteiger partial charge in [-0.3, -0.25) is 4.79 Å². The number of likely N-dealkylation sites (N-methyl/N-ethyl adjacent to an activating group) is 1. The predicted octanol–water partition coefficient (Wildman–Crippen LogP) is 2.91. The number of anilines is 2. The van der Waals surface area contributed by atoms with Crippen LogP contribution in [0.4, 0.5) is 16.2 Å². The lowest BCUT2D eigenvalue weighted by molar-refractivity contribution is -0.119. The van der Waals surface area contributed by atoms with Gasteiger partial charge in [-0.2, -0.15) is 11.8 Å². The molecule has 2 aliphatic heterocycles. The number of nitrogens with one attached hydrogen (secondary N) is 2. The molecule has 3 amide bonds. The van der Waals surface area contributed by atoms with Gasteiger partial charge in [0.1, 0.15) is 5.84 Å². The highest BCUT2D eigenvalue weighted by atomic mass is 32.2. The number of hydrogen-bond donors (Lipinski definition) is 2. The summed E-state index contributed by atoms with van der Waals surface area (Å²) in [5.74, 6) is 2.50. The lowest BCUT2D eigenvalue weighted by atomic mass is 10.1. The average Bonchev–Trinajstić information content (AvgIpc) is 2.85. The molecule has 2 aliphatic rings. The van der Waals surface area contributed by atoms with Gasteiger partial charge >= 0.3 is 6.03 Å². The van der Waals surface area contributed by atoms with E-state index in [9.17, 15) is 9.59 Å². The largest absolute Gasteiger partial charge is 0.355 e. The van der Waals surface area contributed by atoms with Crippen molar-refractivity contribution in [3.63, 3.8) is 0 Å². The summed E-state index contributed by atoms with van der Waals surface area (Å²) < 4.78 is 0. The van der Waals surface area contributed by atoms with Crippen LogP contribution in [0.1, 0.15) is 11.1 Å². The number of amides is 3. The van der Waals surface area contributed by atoms with Crippen molar-refractivity contribution in [2.75, 3.05) is 41.9 Å². The molecule has 156 valence electrons. The van der Waals surface area contributed by atoms with Gasteiger partial charge < -0.3 is 20.4 Å². The molecule has 0 bridgehead atoms. The highest BCUT2D eigenvalue weighted by Crippen LogP contribution is 2.27. The lowest BCUT2D eigenvalue weighted by Crippen LogP contribution is -2.48. The Morgan fingerprint density at radius 1 is 1.13 bits per heavy atom. The number of aryl methyl sites for hydroxylation is 1. The molecule has 1 unspecified atom stereocenters. The van der Waals surface area contributed by atoms with Gasteiger partial charge in [0.25, 0.3) is 5.91 Å². The number of benzene rings is 2. The predicted molar refractivity (Wildman–Crippen MR) is 122 cm³/mol. The van der Waals surface area contributed by atoms with Crippen LogP contribution >= 0.6 is 11.8 Å². The first kappa shape index (κ1) is 20.3. The number of benzodiazepines with no additional fused rings is 1. The standard InChI is InChI=1S/C22H25N5O2S/c1-15-6-5-7-16(14-15)23-22(29)25-19-21(28)26(2)18-9-4-3-8-17(18)20(24-19)27-10-12-30-13-11-27/h3-9,14,19H,10-13H2,1-2H3,(H2,23,25,29). The van der Waals surface area contributed by atoms with Crippen LogP contribution in [0.3, 0.4) is 0 Å². The van der Waals surface area contributed by atoms with E-state index in [4.69, 9.17) is 4.99 Å². The molecule has 30 heavy (non-hydrogen) atoms. The first-order chi connectivity index (χ1) is 14.5. The Morgan fingerprint density at radius 3 is 2.67 bits per heavy atom. The maximum absolute atomic E-state index is 13.1. The molecule has 2 aromatic carbocycles. The summed E-state index contributed by atoms with van der Waals surface area (Å²) in [7, 11) is 1.72. The van der Waals surface area contributed by atoms with Crippen molar-refractivity contribution in [3.8, 4) is 0 Å². The zero-order chi connectivity index (χ0) is 21.1. The molecule has 0 radical (unpaired) electrons. The van der Waals surface area contributed by atoms with E-state index < -0.39 is 12.2 Å². The van der Waals surface area contributed by atoms with Crippen molar-refractivity contribution in [2.24, 2.45) is 4.99 Å². The number of hydrogen-bond acceptors (Lipinski definition) is 5. The first-order valence-corrected chi connectivity index (χ1v) is 11.1. The molecule has 2 heterocycles.